The highest BCUT2D eigenvalue weighted by molar-refractivity contribution is 5.87. The highest BCUT2D eigenvalue weighted by Crippen LogP contribution is 2.18. The zero-order valence-corrected chi connectivity index (χ0v) is 11.4. The molecule has 21 heavy (non-hydrogen) atoms. The first-order chi connectivity index (χ1) is 10.0. The third-order valence-corrected chi connectivity index (χ3v) is 3.44. The predicted octanol–water partition coefficient (Wildman–Crippen LogP) is 3.30. The highest BCUT2D eigenvalue weighted by Gasteiger charge is 2.09. The van der Waals surface area contributed by atoms with Gasteiger partial charge in [-0.05, 0) is 48.4 Å². The number of hydrogen-bond donors (Lipinski definition) is 2. The molecule has 1 heterocycles. The van der Waals surface area contributed by atoms with Crippen LogP contribution in [-0.2, 0) is 6.42 Å². The van der Waals surface area contributed by atoms with E-state index in [1.165, 1.54) is 12.1 Å². The van der Waals surface area contributed by atoms with Crippen LogP contribution in [0.1, 0.15) is 27.3 Å². The largest absolute Gasteiger partial charge is 0.478 e. The smallest absolute Gasteiger partial charge is 0.335 e. The number of aryl methyl sites for hydroxylation is 1. The topological polar surface area (TPSA) is 66.0 Å². The van der Waals surface area contributed by atoms with E-state index in [0.717, 1.165) is 17.0 Å². The average Bonchev–Trinajstić information content (AvgIpc) is 2.82. The summed E-state index contributed by atoms with van der Waals surface area (Å²) in [6.45, 7) is 1.87. The van der Waals surface area contributed by atoms with Gasteiger partial charge in [-0.15, -0.1) is 0 Å². The molecule has 4 nitrogen and oxygen atoms in total. The van der Waals surface area contributed by atoms with Gasteiger partial charge in [-0.3, -0.25) is 0 Å². The van der Waals surface area contributed by atoms with E-state index in [-0.39, 0.29) is 11.4 Å². The number of fused-ring (bicyclic) bond motifs is 1. The van der Waals surface area contributed by atoms with Gasteiger partial charge in [0.25, 0.3) is 0 Å². The van der Waals surface area contributed by atoms with E-state index in [2.05, 4.69) is 9.97 Å². The van der Waals surface area contributed by atoms with Gasteiger partial charge in [-0.1, -0.05) is 6.07 Å². The fraction of sp³-hybridized carbons (Fsp3) is 0.125. The van der Waals surface area contributed by atoms with E-state index in [1.54, 1.807) is 24.3 Å². The summed E-state index contributed by atoms with van der Waals surface area (Å²) in [6.07, 6.45) is 0.544. The van der Waals surface area contributed by atoms with Gasteiger partial charge < -0.3 is 10.1 Å². The zero-order chi connectivity index (χ0) is 15.0. The number of benzene rings is 2. The molecule has 2 N–H and O–H groups in total. The lowest BCUT2D eigenvalue weighted by Gasteiger charge is -2.05. The van der Waals surface area contributed by atoms with Crippen LogP contribution in [0.3, 0.4) is 0 Å². The summed E-state index contributed by atoms with van der Waals surface area (Å²) in [5, 5.41) is 8.96. The van der Waals surface area contributed by atoms with Crippen molar-refractivity contribution in [2.24, 2.45) is 0 Å². The predicted molar refractivity (Wildman–Crippen MR) is 77.0 cm³/mol. The van der Waals surface area contributed by atoms with Crippen molar-refractivity contribution in [3.05, 3.63) is 64.7 Å². The van der Waals surface area contributed by atoms with Crippen LogP contribution in [0.15, 0.2) is 36.4 Å². The van der Waals surface area contributed by atoms with Crippen molar-refractivity contribution in [2.45, 2.75) is 13.3 Å². The SMILES string of the molecule is Cc1cc(C(=O)O)ccc1Cc1nc2ccc(F)cc2[nH]1. The molecule has 0 amide bonds. The number of aromatic carboxylic acids is 1. The van der Waals surface area contributed by atoms with Crippen molar-refractivity contribution in [2.75, 3.05) is 0 Å². The van der Waals surface area contributed by atoms with Gasteiger partial charge in [0.15, 0.2) is 0 Å². The Morgan fingerprint density at radius 1 is 1.29 bits per heavy atom. The summed E-state index contributed by atoms with van der Waals surface area (Å²) < 4.78 is 13.2. The summed E-state index contributed by atoms with van der Waals surface area (Å²) in [5.74, 6) is -0.523. The van der Waals surface area contributed by atoms with Crippen molar-refractivity contribution in [1.82, 2.24) is 9.97 Å². The van der Waals surface area contributed by atoms with E-state index in [1.807, 2.05) is 6.92 Å². The molecule has 0 aliphatic heterocycles. The zero-order valence-electron chi connectivity index (χ0n) is 11.4. The van der Waals surface area contributed by atoms with Crippen molar-refractivity contribution >= 4 is 17.0 Å². The monoisotopic (exact) mass is 284 g/mol. The van der Waals surface area contributed by atoms with Crippen molar-refractivity contribution in [1.29, 1.82) is 0 Å². The number of carboxylic acid groups (broad SMARTS) is 1. The van der Waals surface area contributed by atoms with E-state index < -0.39 is 5.97 Å². The Labute approximate surface area is 120 Å². The van der Waals surface area contributed by atoms with Crippen LogP contribution in [0, 0.1) is 12.7 Å². The van der Waals surface area contributed by atoms with Crippen LogP contribution in [0.25, 0.3) is 11.0 Å². The van der Waals surface area contributed by atoms with Crippen molar-refractivity contribution < 1.29 is 14.3 Å². The van der Waals surface area contributed by atoms with E-state index in [0.29, 0.717) is 17.5 Å². The minimum atomic E-state index is -0.941. The Bertz CT molecular complexity index is 839. The van der Waals surface area contributed by atoms with Gasteiger partial charge >= 0.3 is 5.97 Å². The molecule has 3 rings (SSSR count). The van der Waals surface area contributed by atoms with Crippen LogP contribution >= 0.6 is 0 Å². The van der Waals surface area contributed by atoms with Gasteiger partial charge in [-0.25, -0.2) is 14.2 Å². The van der Waals surface area contributed by atoms with Gasteiger partial charge in [0.1, 0.15) is 11.6 Å². The maximum atomic E-state index is 13.2. The molecule has 3 aromatic rings. The molecule has 0 aliphatic rings. The molecule has 106 valence electrons. The third kappa shape index (κ3) is 2.63. The van der Waals surface area contributed by atoms with Crippen LogP contribution in [0.5, 0.6) is 0 Å². The fourth-order valence-corrected chi connectivity index (χ4v) is 2.33. The number of hydrogen-bond acceptors (Lipinski definition) is 2. The Balaban J connectivity index is 1.93. The molecule has 0 atom stereocenters. The summed E-state index contributed by atoms with van der Waals surface area (Å²) in [7, 11) is 0. The van der Waals surface area contributed by atoms with Gasteiger partial charge in [0.05, 0.1) is 16.6 Å². The number of H-pyrrole nitrogens is 1. The first-order valence-electron chi connectivity index (χ1n) is 6.50. The van der Waals surface area contributed by atoms with Crippen LogP contribution in [0.2, 0.25) is 0 Å². The standard InChI is InChI=1S/C16H13FN2O2/c1-9-6-11(16(20)21)3-2-10(9)7-15-18-13-5-4-12(17)8-14(13)19-15/h2-6,8H,7H2,1H3,(H,18,19)(H,20,21). The molecule has 0 saturated heterocycles. The number of halogens is 1. The molecule has 2 aromatic carbocycles. The molecular formula is C16H13FN2O2. The first kappa shape index (κ1) is 13.3. The molecule has 1 aromatic heterocycles. The number of imidazole rings is 1. The van der Waals surface area contributed by atoms with Crippen LogP contribution < -0.4 is 0 Å². The maximum absolute atomic E-state index is 13.2. The fourth-order valence-electron chi connectivity index (χ4n) is 2.33. The van der Waals surface area contributed by atoms with E-state index in [4.69, 9.17) is 5.11 Å². The minimum absolute atomic E-state index is 0.267. The van der Waals surface area contributed by atoms with E-state index >= 15 is 0 Å². The number of carbonyl (C=O) groups is 1. The normalized spacial score (nSPS) is 11.0. The van der Waals surface area contributed by atoms with Gasteiger partial charge in [-0.2, -0.15) is 0 Å². The number of nitrogens with zero attached hydrogens (tertiary/aromatic N) is 1. The van der Waals surface area contributed by atoms with Crippen LogP contribution in [0.4, 0.5) is 4.39 Å². The minimum Gasteiger partial charge on any atom is -0.478 e. The summed E-state index contributed by atoms with van der Waals surface area (Å²) in [6, 6.07) is 9.41. The number of rotatable bonds is 3. The third-order valence-electron chi connectivity index (χ3n) is 3.44. The number of nitrogens with one attached hydrogen (secondary N) is 1. The molecular weight excluding hydrogens is 271 g/mol. The Morgan fingerprint density at radius 2 is 2.10 bits per heavy atom. The number of carboxylic acids is 1. The molecule has 0 bridgehead atoms. The summed E-state index contributed by atoms with van der Waals surface area (Å²) >= 11 is 0. The summed E-state index contributed by atoms with van der Waals surface area (Å²) in [4.78, 5) is 18.4. The Kier molecular flexibility index (Phi) is 3.17. The van der Waals surface area contributed by atoms with Gasteiger partial charge in [0.2, 0.25) is 0 Å². The van der Waals surface area contributed by atoms with Gasteiger partial charge in [0, 0.05) is 6.42 Å². The highest BCUT2D eigenvalue weighted by atomic mass is 19.1. The Hall–Kier alpha value is -2.69. The molecule has 0 fully saturated rings. The first-order valence-corrected chi connectivity index (χ1v) is 6.50. The number of aromatic nitrogens is 2. The van der Waals surface area contributed by atoms with Crippen molar-refractivity contribution in [3.63, 3.8) is 0 Å². The molecule has 0 spiro atoms. The molecule has 0 radical (unpaired) electrons. The van der Waals surface area contributed by atoms with E-state index in [9.17, 15) is 9.18 Å². The molecule has 0 saturated carbocycles. The lowest BCUT2D eigenvalue weighted by molar-refractivity contribution is 0.0697. The average molecular weight is 284 g/mol. The lowest BCUT2D eigenvalue weighted by Crippen LogP contribution is -2.00. The molecule has 0 unspecified atom stereocenters. The molecule has 5 heteroatoms. The molecule has 0 aliphatic carbocycles. The second-order valence-corrected chi connectivity index (χ2v) is 4.97. The second kappa shape index (κ2) is 5.01. The number of aromatic amines is 1. The quantitative estimate of drug-likeness (QED) is 0.775. The second-order valence-electron chi connectivity index (χ2n) is 4.97. The maximum Gasteiger partial charge on any atom is 0.335 e. The van der Waals surface area contributed by atoms with Crippen LogP contribution in [-0.4, -0.2) is 21.0 Å². The van der Waals surface area contributed by atoms with Crippen molar-refractivity contribution in [3.8, 4) is 0 Å². The Morgan fingerprint density at radius 3 is 2.81 bits per heavy atom. The lowest BCUT2D eigenvalue weighted by atomic mass is 10.0. The summed E-state index contributed by atoms with van der Waals surface area (Å²) in [5.41, 5.74) is 3.51.